The Morgan fingerprint density at radius 2 is 1.62 bits per heavy atom. The van der Waals surface area contributed by atoms with Crippen LogP contribution in [0.1, 0.15) is 37.5 Å². The Bertz CT molecular complexity index is 829. The van der Waals surface area contributed by atoms with E-state index in [9.17, 15) is 9.59 Å². The van der Waals surface area contributed by atoms with E-state index in [1.54, 1.807) is 19.1 Å². The van der Waals surface area contributed by atoms with E-state index >= 15 is 0 Å². The van der Waals surface area contributed by atoms with Crippen molar-refractivity contribution < 1.29 is 14.3 Å². The highest BCUT2D eigenvalue weighted by atomic mass is 35.5. The number of nitrogens with one attached hydrogen (secondary N) is 1. The van der Waals surface area contributed by atoms with E-state index in [1.165, 1.54) is 4.90 Å². The van der Waals surface area contributed by atoms with Gasteiger partial charge in [-0.15, -0.1) is 0 Å². The number of benzene rings is 2. The van der Waals surface area contributed by atoms with E-state index in [2.05, 4.69) is 5.32 Å². The van der Waals surface area contributed by atoms with Gasteiger partial charge in [0.2, 0.25) is 5.91 Å². The number of nitrogens with zero attached hydrogens (tertiary/aromatic N) is 1. The SMILES string of the molecule is Cc1cc(C)cc(OCC(=O)N(Cc2ccc(Cl)cc2)[C@@H](C)C(=O)NC(C)C)c1. The summed E-state index contributed by atoms with van der Waals surface area (Å²) in [4.78, 5) is 27.1. The third-order valence-corrected chi connectivity index (χ3v) is 4.67. The smallest absolute Gasteiger partial charge is 0.261 e. The van der Waals surface area contributed by atoms with E-state index in [-0.39, 0.29) is 24.5 Å². The summed E-state index contributed by atoms with van der Waals surface area (Å²) in [5.41, 5.74) is 3.02. The summed E-state index contributed by atoms with van der Waals surface area (Å²) in [6, 6.07) is 12.4. The molecule has 1 atom stereocenters. The molecule has 2 aromatic carbocycles. The molecule has 0 saturated carbocycles. The van der Waals surface area contributed by atoms with Crippen LogP contribution in [0.25, 0.3) is 0 Å². The molecule has 0 radical (unpaired) electrons. The predicted octanol–water partition coefficient (Wildman–Crippen LogP) is 4.28. The lowest BCUT2D eigenvalue weighted by molar-refractivity contribution is -0.142. The zero-order chi connectivity index (χ0) is 21.6. The average Bonchev–Trinajstić information content (AvgIpc) is 2.63. The van der Waals surface area contributed by atoms with Gasteiger partial charge < -0.3 is 15.0 Å². The van der Waals surface area contributed by atoms with Gasteiger partial charge in [0, 0.05) is 17.6 Å². The third-order valence-electron chi connectivity index (χ3n) is 4.42. The van der Waals surface area contributed by atoms with E-state index in [4.69, 9.17) is 16.3 Å². The summed E-state index contributed by atoms with van der Waals surface area (Å²) >= 11 is 5.96. The van der Waals surface area contributed by atoms with Crippen molar-refractivity contribution in [2.24, 2.45) is 0 Å². The Morgan fingerprint density at radius 1 is 1.03 bits per heavy atom. The molecule has 1 N–H and O–H groups in total. The molecule has 29 heavy (non-hydrogen) atoms. The number of rotatable bonds is 8. The second-order valence-corrected chi connectivity index (χ2v) is 8.04. The molecule has 0 aliphatic heterocycles. The van der Waals surface area contributed by atoms with Gasteiger partial charge >= 0.3 is 0 Å². The topological polar surface area (TPSA) is 58.6 Å². The third kappa shape index (κ3) is 7.09. The maximum Gasteiger partial charge on any atom is 0.261 e. The van der Waals surface area contributed by atoms with Crippen LogP contribution in [0.4, 0.5) is 0 Å². The van der Waals surface area contributed by atoms with Gasteiger partial charge in [0.1, 0.15) is 11.8 Å². The van der Waals surface area contributed by atoms with Gasteiger partial charge in [0.15, 0.2) is 6.61 Å². The van der Waals surface area contributed by atoms with Gasteiger partial charge in [-0.2, -0.15) is 0 Å². The van der Waals surface area contributed by atoms with E-state index < -0.39 is 6.04 Å². The van der Waals surface area contributed by atoms with Crippen molar-refractivity contribution in [1.82, 2.24) is 10.2 Å². The second-order valence-electron chi connectivity index (χ2n) is 7.60. The van der Waals surface area contributed by atoms with Crippen molar-refractivity contribution in [3.63, 3.8) is 0 Å². The molecule has 0 unspecified atom stereocenters. The molecule has 156 valence electrons. The van der Waals surface area contributed by atoms with Gasteiger partial charge in [-0.1, -0.05) is 29.8 Å². The first kappa shape index (κ1) is 22.8. The number of aryl methyl sites for hydroxylation is 2. The summed E-state index contributed by atoms with van der Waals surface area (Å²) in [7, 11) is 0. The minimum atomic E-state index is -0.636. The molecule has 2 aromatic rings. The zero-order valence-corrected chi connectivity index (χ0v) is 18.4. The Kier molecular flexibility index (Phi) is 8.09. The fourth-order valence-corrected chi connectivity index (χ4v) is 3.14. The van der Waals surface area contributed by atoms with Crippen LogP contribution in [0.15, 0.2) is 42.5 Å². The summed E-state index contributed by atoms with van der Waals surface area (Å²) in [5.74, 6) is 0.181. The number of carbonyl (C=O) groups is 2. The summed E-state index contributed by atoms with van der Waals surface area (Å²) in [6.45, 7) is 9.61. The van der Waals surface area contributed by atoms with Gasteiger partial charge in [-0.3, -0.25) is 9.59 Å². The highest BCUT2D eigenvalue weighted by Gasteiger charge is 2.26. The summed E-state index contributed by atoms with van der Waals surface area (Å²) in [6.07, 6.45) is 0. The molecular weight excluding hydrogens is 388 g/mol. The number of hydrogen-bond donors (Lipinski definition) is 1. The Morgan fingerprint density at radius 3 is 2.17 bits per heavy atom. The lowest BCUT2D eigenvalue weighted by Gasteiger charge is -2.29. The van der Waals surface area contributed by atoms with Crippen LogP contribution in [0.5, 0.6) is 5.75 Å². The molecule has 0 fully saturated rings. The molecular formula is C23H29ClN2O3. The van der Waals surface area contributed by atoms with Crippen molar-refractivity contribution in [2.45, 2.75) is 53.2 Å². The van der Waals surface area contributed by atoms with E-state index in [0.717, 1.165) is 16.7 Å². The highest BCUT2D eigenvalue weighted by Crippen LogP contribution is 2.18. The number of halogens is 1. The number of carbonyl (C=O) groups excluding carboxylic acids is 2. The normalized spacial score (nSPS) is 11.8. The maximum absolute atomic E-state index is 13.0. The first-order valence-corrected chi connectivity index (χ1v) is 10.1. The van der Waals surface area contributed by atoms with Crippen molar-refractivity contribution in [1.29, 1.82) is 0 Å². The number of hydrogen-bond acceptors (Lipinski definition) is 3. The van der Waals surface area contributed by atoms with Crippen molar-refractivity contribution >= 4 is 23.4 Å². The van der Waals surface area contributed by atoms with E-state index in [1.807, 2.05) is 58.0 Å². The van der Waals surface area contributed by atoms with E-state index in [0.29, 0.717) is 17.3 Å². The molecule has 0 bridgehead atoms. The maximum atomic E-state index is 13.0. The first-order chi connectivity index (χ1) is 13.7. The van der Waals surface area contributed by atoms with Crippen LogP contribution in [0, 0.1) is 13.8 Å². The summed E-state index contributed by atoms with van der Waals surface area (Å²) < 4.78 is 5.73. The number of amides is 2. The van der Waals surface area contributed by atoms with Gasteiger partial charge in [-0.25, -0.2) is 0 Å². The van der Waals surface area contributed by atoms with Crippen molar-refractivity contribution in [2.75, 3.05) is 6.61 Å². The van der Waals surface area contributed by atoms with Crippen molar-refractivity contribution in [3.8, 4) is 5.75 Å². The monoisotopic (exact) mass is 416 g/mol. The fourth-order valence-electron chi connectivity index (χ4n) is 3.02. The first-order valence-electron chi connectivity index (χ1n) is 9.71. The quantitative estimate of drug-likeness (QED) is 0.698. The van der Waals surface area contributed by atoms with Gasteiger partial charge in [0.25, 0.3) is 5.91 Å². The molecule has 0 aliphatic carbocycles. The Balaban J connectivity index is 2.16. The lowest BCUT2D eigenvalue weighted by Crippen LogP contribution is -2.50. The molecule has 2 rings (SSSR count). The van der Waals surface area contributed by atoms with Crippen LogP contribution in [0.2, 0.25) is 5.02 Å². The minimum Gasteiger partial charge on any atom is -0.484 e. The largest absolute Gasteiger partial charge is 0.484 e. The molecule has 0 aromatic heterocycles. The minimum absolute atomic E-state index is 0.0102. The van der Waals surface area contributed by atoms with Gasteiger partial charge in [-0.05, 0) is 75.6 Å². The van der Waals surface area contributed by atoms with Gasteiger partial charge in [0.05, 0.1) is 0 Å². The predicted molar refractivity (Wildman–Crippen MR) is 116 cm³/mol. The Labute approximate surface area is 178 Å². The molecule has 0 aliphatic rings. The van der Waals surface area contributed by atoms with Crippen LogP contribution in [-0.4, -0.2) is 35.4 Å². The molecule has 2 amide bonds. The van der Waals surface area contributed by atoms with Crippen molar-refractivity contribution in [3.05, 3.63) is 64.2 Å². The second kappa shape index (κ2) is 10.3. The van der Waals surface area contributed by atoms with Crippen LogP contribution in [-0.2, 0) is 16.1 Å². The standard InChI is InChI=1S/C23H29ClN2O3/c1-15(2)25-23(28)18(5)26(13-19-6-8-20(24)9-7-19)22(27)14-29-21-11-16(3)10-17(4)12-21/h6-12,15,18H,13-14H2,1-5H3,(H,25,28)/t18-/m0/s1. The number of ether oxygens (including phenoxy) is 1. The molecule has 0 saturated heterocycles. The average molecular weight is 417 g/mol. The Hall–Kier alpha value is -2.53. The molecule has 0 spiro atoms. The highest BCUT2D eigenvalue weighted by molar-refractivity contribution is 6.30. The molecule has 0 heterocycles. The lowest BCUT2D eigenvalue weighted by atomic mass is 10.1. The molecule has 5 nitrogen and oxygen atoms in total. The van der Waals surface area contributed by atoms with Crippen LogP contribution >= 0.6 is 11.6 Å². The van der Waals surface area contributed by atoms with Crippen LogP contribution in [0.3, 0.4) is 0 Å². The zero-order valence-electron chi connectivity index (χ0n) is 17.7. The fraction of sp³-hybridized carbons (Fsp3) is 0.391. The van der Waals surface area contributed by atoms with Crippen LogP contribution < -0.4 is 10.1 Å². The summed E-state index contributed by atoms with van der Waals surface area (Å²) in [5, 5.41) is 3.49. The molecule has 6 heteroatoms.